The van der Waals surface area contributed by atoms with Crippen molar-refractivity contribution in [2.24, 2.45) is 0 Å². The first kappa shape index (κ1) is 21.9. The maximum atomic E-state index is 6.62. The van der Waals surface area contributed by atoms with E-state index in [4.69, 9.17) is 9.47 Å². The zero-order valence-corrected chi connectivity index (χ0v) is 20.9. The highest BCUT2D eigenvalue weighted by Gasteiger charge is 2.40. The Hall–Kier alpha value is -5.16. The van der Waals surface area contributed by atoms with Crippen molar-refractivity contribution in [3.63, 3.8) is 0 Å². The molecule has 0 bridgehead atoms. The van der Waals surface area contributed by atoms with Crippen LogP contribution in [-0.2, 0) is 0 Å². The second-order valence-electron chi connectivity index (χ2n) is 9.83. The summed E-state index contributed by atoms with van der Waals surface area (Å²) >= 11 is 0. The van der Waals surface area contributed by atoms with Gasteiger partial charge in [-0.3, -0.25) is 0 Å². The van der Waals surface area contributed by atoms with Crippen LogP contribution >= 0.6 is 0 Å². The highest BCUT2D eigenvalue weighted by molar-refractivity contribution is 6.98. The summed E-state index contributed by atoms with van der Waals surface area (Å²) in [5, 5.41) is 0. The van der Waals surface area contributed by atoms with Crippen LogP contribution in [0.1, 0.15) is 0 Å². The zero-order chi connectivity index (χ0) is 25.8. The van der Waals surface area contributed by atoms with Gasteiger partial charge in [0.1, 0.15) is 23.0 Å². The van der Waals surface area contributed by atoms with E-state index in [1.54, 1.807) is 12.4 Å². The van der Waals surface area contributed by atoms with Crippen molar-refractivity contribution in [2.75, 3.05) is 0 Å². The van der Waals surface area contributed by atoms with Crippen LogP contribution in [0.25, 0.3) is 33.6 Å². The van der Waals surface area contributed by atoms with Gasteiger partial charge in [0, 0.05) is 23.4 Å². The van der Waals surface area contributed by atoms with Crippen LogP contribution in [0.15, 0.2) is 128 Å². The first-order chi connectivity index (χ1) is 19.3. The predicted octanol–water partition coefficient (Wildman–Crippen LogP) is 6.21. The molecule has 0 radical (unpaired) electrons. The SMILES string of the molecule is c1ccc(-c2ccc3c(c2)Oc2cc(-c4ncccn4)cc4c2B3c2ccc(-c3ccccc3)cc2O4)cc1. The van der Waals surface area contributed by atoms with E-state index in [0.29, 0.717) is 5.82 Å². The predicted molar refractivity (Wildman–Crippen MR) is 156 cm³/mol. The Morgan fingerprint density at radius 1 is 0.436 bits per heavy atom. The standard InChI is InChI=1S/C34H21BN2O2/c1-3-8-22(9-4-1)24-12-14-27-29(18-24)38-31-20-26(34-36-16-7-17-37-34)21-32-33(31)35(27)28-15-13-25(19-30(28)39-32)23-10-5-2-6-11-23/h1-21H. The number of benzene rings is 5. The summed E-state index contributed by atoms with van der Waals surface area (Å²) in [4.78, 5) is 8.97. The van der Waals surface area contributed by atoms with Crippen LogP contribution in [-0.4, -0.2) is 16.7 Å². The highest BCUT2D eigenvalue weighted by Crippen LogP contribution is 2.39. The maximum Gasteiger partial charge on any atom is 0.260 e. The Balaban J connectivity index is 1.33. The Morgan fingerprint density at radius 3 is 1.44 bits per heavy atom. The van der Waals surface area contributed by atoms with Gasteiger partial charge in [0.2, 0.25) is 0 Å². The van der Waals surface area contributed by atoms with Crippen LogP contribution < -0.4 is 25.9 Å². The van der Waals surface area contributed by atoms with Gasteiger partial charge in [-0.05, 0) is 63.5 Å². The molecule has 0 saturated heterocycles. The molecule has 0 N–H and O–H groups in total. The first-order valence-corrected chi connectivity index (χ1v) is 13.0. The first-order valence-electron chi connectivity index (χ1n) is 13.0. The second kappa shape index (κ2) is 8.71. The normalized spacial score (nSPS) is 12.5. The second-order valence-corrected chi connectivity index (χ2v) is 9.83. The molecule has 1 aromatic heterocycles. The highest BCUT2D eigenvalue weighted by atomic mass is 16.5. The quantitative estimate of drug-likeness (QED) is 0.271. The summed E-state index contributed by atoms with van der Waals surface area (Å²) in [6.07, 6.45) is 3.50. The van der Waals surface area contributed by atoms with Crippen molar-refractivity contribution in [2.45, 2.75) is 0 Å². The molecular weight excluding hydrogens is 479 g/mol. The summed E-state index contributed by atoms with van der Waals surface area (Å²) < 4.78 is 13.2. The fourth-order valence-corrected chi connectivity index (χ4v) is 5.69. The van der Waals surface area contributed by atoms with Crippen molar-refractivity contribution in [1.82, 2.24) is 9.97 Å². The van der Waals surface area contributed by atoms with E-state index in [0.717, 1.165) is 67.2 Å². The molecule has 2 aliphatic heterocycles. The molecule has 3 heterocycles. The van der Waals surface area contributed by atoms with Crippen molar-refractivity contribution >= 4 is 23.1 Å². The molecular formula is C34H21BN2O2. The Morgan fingerprint density at radius 2 is 0.923 bits per heavy atom. The van der Waals surface area contributed by atoms with Gasteiger partial charge in [-0.15, -0.1) is 0 Å². The average Bonchev–Trinajstić information content (AvgIpc) is 3.01. The van der Waals surface area contributed by atoms with Gasteiger partial charge < -0.3 is 9.47 Å². The molecule has 0 amide bonds. The monoisotopic (exact) mass is 500 g/mol. The smallest absolute Gasteiger partial charge is 0.260 e. The minimum Gasteiger partial charge on any atom is -0.458 e. The number of aromatic nitrogens is 2. The number of rotatable bonds is 3. The number of ether oxygens (including phenoxy) is 2. The molecule has 0 atom stereocenters. The maximum absolute atomic E-state index is 6.62. The molecule has 5 heteroatoms. The number of hydrogen-bond acceptors (Lipinski definition) is 4. The van der Waals surface area contributed by atoms with Gasteiger partial charge in [0.25, 0.3) is 6.71 Å². The van der Waals surface area contributed by atoms with Crippen LogP contribution in [0.3, 0.4) is 0 Å². The third-order valence-electron chi connectivity index (χ3n) is 7.52. The average molecular weight is 500 g/mol. The molecule has 39 heavy (non-hydrogen) atoms. The van der Waals surface area contributed by atoms with Crippen molar-refractivity contribution in [1.29, 1.82) is 0 Å². The molecule has 4 nitrogen and oxygen atoms in total. The lowest BCUT2D eigenvalue weighted by molar-refractivity contribution is 0.465. The van der Waals surface area contributed by atoms with Gasteiger partial charge in [0.15, 0.2) is 5.82 Å². The lowest BCUT2D eigenvalue weighted by atomic mass is 9.34. The summed E-state index contributed by atoms with van der Waals surface area (Å²) in [6.45, 7) is -0.0112. The lowest BCUT2D eigenvalue weighted by Gasteiger charge is -2.33. The van der Waals surface area contributed by atoms with E-state index in [2.05, 4.69) is 94.9 Å². The molecule has 0 aliphatic carbocycles. The summed E-state index contributed by atoms with van der Waals surface area (Å²) in [6, 6.07) is 39.7. The van der Waals surface area contributed by atoms with Crippen LogP contribution in [0.2, 0.25) is 0 Å². The zero-order valence-electron chi connectivity index (χ0n) is 20.9. The van der Waals surface area contributed by atoms with Crippen molar-refractivity contribution in [3.05, 3.63) is 128 Å². The third-order valence-corrected chi connectivity index (χ3v) is 7.52. The Bertz CT molecular complexity index is 1740. The fourth-order valence-electron chi connectivity index (χ4n) is 5.69. The molecule has 8 rings (SSSR count). The summed E-state index contributed by atoms with van der Waals surface area (Å²) in [5.74, 6) is 3.88. The summed E-state index contributed by atoms with van der Waals surface area (Å²) in [5.41, 5.74) is 8.69. The Kier molecular flexibility index (Phi) is 4.89. The molecule has 0 fully saturated rings. The van der Waals surface area contributed by atoms with E-state index in [1.807, 2.05) is 30.3 Å². The molecule has 2 aliphatic rings. The number of nitrogens with zero attached hydrogens (tertiary/aromatic N) is 2. The van der Waals surface area contributed by atoms with Crippen molar-refractivity contribution in [3.8, 4) is 56.6 Å². The van der Waals surface area contributed by atoms with E-state index >= 15 is 0 Å². The van der Waals surface area contributed by atoms with Crippen LogP contribution in [0.4, 0.5) is 0 Å². The largest absolute Gasteiger partial charge is 0.458 e. The number of hydrogen-bond donors (Lipinski definition) is 0. The minimum atomic E-state index is -0.0112. The molecule has 0 spiro atoms. The molecule has 6 aromatic rings. The van der Waals surface area contributed by atoms with Crippen molar-refractivity contribution < 1.29 is 9.47 Å². The van der Waals surface area contributed by atoms with E-state index in [9.17, 15) is 0 Å². The number of fused-ring (bicyclic) bond motifs is 4. The molecule has 0 unspecified atom stereocenters. The van der Waals surface area contributed by atoms with Crippen LogP contribution in [0.5, 0.6) is 23.0 Å². The molecule has 0 saturated carbocycles. The van der Waals surface area contributed by atoms with Gasteiger partial charge in [-0.25, -0.2) is 9.97 Å². The Labute approximate surface area is 226 Å². The third kappa shape index (κ3) is 3.63. The van der Waals surface area contributed by atoms with E-state index < -0.39 is 0 Å². The minimum absolute atomic E-state index is 0.0112. The van der Waals surface area contributed by atoms with Gasteiger partial charge >= 0.3 is 0 Å². The molecule has 182 valence electrons. The topological polar surface area (TPSA) is 44.2 Å². The van der Waals surface area contributed by atoms with E-state index in [1.165, 1.54) is 0 Å². The molecule has 5 aromatic carbocycles. The van der Waals surface area contributed by atoms with Crippen LogP contribution in [0, 0.1) is 0 Å². The summed E-state index contributed by atoms with van der Waals surface area (Å²) in [7, 11) is 0. The van der Waals surface area contributed by atoms with E-state index in [-0.39, 0.29) is 6.71 Å². The van der Waals surface area contributed by atoms with Gasteiger partial charge in [-0.2, -0.15) is 0 Å². The fraction of sp³-hybridized carbons (Fsp3) is 0. The lowest BCUT2D eigenvalue weighted by Crippen LogP contribution is -2.57. The van der Waals surface area contributed by atoms with Gasteiger partial charge in [-0.1, -0.05) is 84.9 Å². The van der Waals surface area contributed by atoms with Gasteiger partial charge in [0.05, 0.1) is 0 Å².